The topological polar surface area (TPSA) is 144 Å². The molecule has 354 valence electrons. The van der Waals surface area contributed by atoms with E-state index in [9.17, 15) is 19.2 Å². The Morgan fingerprint density at radius 2 is 1.76 bits per heavy atom. The molecule has 5 heterocycles. The van der Waals surface area contributed by atoms with E-state index in [1.54, 1.807) is 20.4 Å². The van der Waals surface area contributed by atoms with Gasteiger partial charge in [-0.15, -0.1) is 0 Å². The van der Waals surface area contributed by atoms with Gasteiger partial charge in [0.05, 0.1) is 24.1 Å². The van der Waals surface area contributed by atoms with Gasteiger partial charge in [0.1, 0.15) is 24.2 Å². The standard InChI is InChI=1S/C54H66N6O7/c1-9-59-45-23-22-38-30-41(45)42(48(59)40-20-14-25-55-46(40)34(4)65-8)31-54(5,6)32-67-53(64)43-21-15-26-60(57-43)51(62)44(29-35-16-13-19-37(38)28-35)56-50(61)47(33(2)3)58(7)52(63)49-39(24-27-66-49)36-17-11-10-12-18-36/h10-14,16-20,22-23,25,28,30,33-34,39,43-44,47,49,57H,9,15,21,24,26-27,29,31-32H2,1-8H3,(H,56,61)/t34-,39+,43-,44-,47-,49+/m0/s1. The maximum Gasteiger partial charge on any atom is 0.324 e. The van der Waals surface area contributed by atoms with Gasteiger partial charge in [0.15, 0.2) is 0 Å². The zero-order chi connectivity index (χ0) is 47.6. The molecule has 6 bridgehead atoms. The van der Waals surface area contributed by atoms with Crippen LogP contribution in [0.5, 0.6) is 0 Å². The van der Waals surface area contributed by atoms with Crippen LogP contribution in [0.3, 0.4) is 0 Å². The van der Waals surface area contributed by atoms with Crippen molar-refractivity contribution >= 4 is 34.6 Å². The number of fused-ring (bicyclic) bond motifs is 6. The Labute approximate surface area is 394 Å². The molecule has 0 radical (unpaired) electrons. The van der Waals surface area contributed by atoms with Crippen LogP contribution < -0.4 is 10.7 Å². The number of aryl methyl sites for hydroxylation is 1. The van der Waals surface area contributed by atoms with Gasteiger partial charge in [-0.2, -0.15) is 0 Å². The summed E-state index contributed by atoms with van der Waals surface area (Å²) in [6, 6.07) is 25.9. The van der Waals surface area contributed by atoms with Crippen LogP contribution >= 0.6 is 0 Å². The number of benzene rings is 3. The molecule has 67 heavy (non-hydrogen) atoms. The molecule has 3 aliphatic rings. The third kappa shape index (κ3) is 9.91. The average molecular weight is 911 g/mol. The molecule has 0 unspecified atom stereocenters. The molecule has 0 aliphatic carbocycles. The molecule has 6 atom stereocenters. The Morgan fingerprint density at radius 1 is 0.985 bits per heavy atom. The lowest BCUT2D eigenvalue weighted by atomic mass is 9.84. The molecule has 3 amide bonds. The van der Waals surface area contributed by atoms with E-state index in [-0.39, 0.29) is 42.8 Å². The van der Waals surface area contributed by atoms with Crippen molar-refractivity contribution < 1.29 is 33.4 Å². The van der Waals surface area contributed by atoms with E-state index in [1.165, 1.54) is 9.91 Å². The number of hydrogen-bond acceptors (Lipinski definition) is 9. The summed E-state index contributed by atoms with van der Waals surface area (Å²) in [7, 11) is 3.34. The molecule has 2 N–H and O–H groups in total. The maximum absolute atomic E-state index is 14.8. The number of carbonyl (C=O) groups excluding carboxylic acids is 4. The molecule has 2 saturated heterocycles. The number of pyridine rings is 1. The Hall–Kier alpha value is -5.89. The Balaban J connectivity index is 1.18. The van der Waals surface area contributed by atoms with Crippen LogP contribution in [0.4, 0.5) is 0 Å². The SMILES string of the molecule is CCn1c(-c2cccnc2[C@H](C)OC)c2c3cc(ccc31)-c1cccc(c1)C[C@H](NC(=O)[C@H](C(C)C)N(C)C(=O)[C@@H]1OCC[C@@H]1c1ccccc1)C(=O)N1CCC[C@H](N1)C(=O)OCC(C)(C)C2. The van der Waals surface area contributed by atoms with Gasteiger partial charge >= 0.3 is 5.97 Å². The molecular weight excluding hydrogens is 845 g/mol. The number of hydrazine groups is 1. The van der Waals surface area contributed by atoms with Crippen molar-refractivity contribution in [3.63, 3.8) is 0 Å². The van der Waals surface area contributed by atoms with Gasteiger partial charge in [-0.25, -0.2) is 5.43 Å². The highest BCUT2D eigenvalue weighted by molar-refractivity contribution is 5.96. The number of aromatic nitrogens is 2. The number of nitrogens with one attached hydrogen (secondary N) is 2. The minimum atomic E-state index is -1.04. The van der Waals surface area contributed by atoms with Crippen molar-refractivity contribution in [3.8, 4) is 22.4 Å². The second-order valence-electron chi connectivity index (χ2n) is 19.6. The first-order chi connectivity index (χ1) is 32.2. The largest absolute Gasteiger partial charge is 0.464 e. The first kappa shape index (κ1) is 47.6. The molecule has 8 rings (SSSR count). The van der Waals surface area contributed by atoms with Crippen LogP contribution in [-0.4, -0.2) is 101 Å². The number of nitrogens with zero attached hydrogens (tertiary/aromatic N) is 4. The molecular formula is C54H66N6O7. The zero-order valence-corrected chi connectivity index (χ0v) is 40.2. The normalized spacial score (nSPS) is 22.0. The fourth-order valence-corrected chi connectivity index (χ4v) is 10.4. The number of ether oxygens (including phenoxy) is 3. The van der Waals surface area contributed by atoms with Crippen molar-refractivity contribution in [2.75, 3.05) is 33.9 Å². The summed E-state index contributed by atoms with van der Waals surface area (Å²) in [5, 5.41) is 5.65. The summed E-state index contributed by atoms with van der Waals surface area (Å²) < 4.78 is 20.4. The Bertz CT molecular complexity index is 2610. The van der Waals surface area contributed by atoms with Crippen molar-refractivity contribution in [1.82, 2.24) is 30.2 Å². The molecule has 2 aromatic heterocycles. The zero-order valence-electron chi connectivity index (χ0n) is 40.2. The smallest absolute Gasteiger partial charge is 0.324 e. The van der Waals surface area contributed by atoms with E-state index in [4.69, 9.17) is 19.2 Å². The average Bonchev–Trinajstić information content (AvgIpc) is 3.95. The second kappa shape index (κ2) is 20.1. The van der Waals surface area contributed by atoms with Gasteiger partial charge in [-0.1, -0.05) is 88.4 Å². The van der Waals surface area contributed by atoms with Crippen molar-refractivity contribution in [2.24, 2.45) is 11.3 Å². The number of cyclic esters (lactones) is 1. The number of amides is 3. The summed E-state index contributed by atoms with van der Waals surface area (Å²) in [5.41, 5.74) is 11.6. The van der Waals surface area contributed by atoms with Gasteiger partial charge in [0.25, 0.3) is 11.8 Å². The molecule has 3 aromatic carbocycles. The molecule has 0 spiro atoms. The molecule has 13 nitrogen and oxygen atoms in total. The fourth-order valence-electron chi connectivity index (χ4n) is 10.4. The van der Waals surface area contributed by atoms with Gasteiger partial charge in [0, 0.05) is 74.3 Å². The number of rotatable bonds is 10. The molecule has 2 fully saturated rings. The van der Waals surface area contributed by atoms with Gasteiger partial charge in [-0.05, 0) is 97.5 Å². The van der Waals surface area contributed by atoms with Crippen LogP contribution in [0.15, 0.2) is 91.1 Å². The summed E-state index contributed by atoms with van der Waals surface area (Å²) >= 11 is 0. The predicted octanol–water partition coefficient (Wildman–Crippen LogP) is 7.80. The third-order valence-corrected chi connectivity index (χ3v) is 13.9. The summed E-state index contributed by atoms with van der Waals surface area (Å²) in [5.74, 6) is -1.98. The highest BCUT2D eigenvalue weighted by Gasteiger charge is 2.42. The lowest BCUT2D eigenvalue weighted by molar-refractivity contribution is -0.155. The van der Waals surface area contributed by atoms with Crippen molar-refractivity contribution in [1.29, 1.82) is 0 Å². The maximum atomic E-state index is 14.8. The number of hydrogen-bond donors (Lipinski definition) is 2. The van der Waals surface area contributed by atoms with Crippen LogP contribution in [-0.2, 0) is 52.8 Å². The highest BCUT2D eigenvalue weighted by Crippen LogP contribution is 2.42. The fraction of sp³-hybridized carbons (Fsp3) is 0.463. The molecule has 13 heteroatoms. The van der Waals surface area contributed by atoms with E-state index in [0.717, 1.165) is 55.7 Å². The van der Waals surface area contributed by atoms with E-state index in [2.05, 4.69) is 72.5 Å². The molecule has 3 aliphatic heterocycles. The Morgan fingerprint density at radius 3 is 2.51 bits per heavy atom. The molecule has 5 aromatic rings. The van der Waals surface area contributed by atoms with Crippen LogP contribution in [0.1, 0.15) is 95.2 Å². The minimum absolute atomic E-state index is 0.141. The van der Waals surface area contributed by atoms with E-state index in [0.29, 0.717) is 45.4 Å². The second-order valence-corrected chi connectivity index (χ2v) is 19.6. The molecule has 0 saturated carbocycles. The van der Waals surface area contributed by atoms with E-state index in [1.807, 2.05) is 69.3 Å². The number of esters is 1. The quantitative estimate of drug-likeness (QED) is 0.134. The van der Waals surface area contributed by atoms with Gasteiger partial charge < -0.3 is 29.0 Å². The van der Waals surface area contributed by atoms with Crippen molar-refractivity contribution in [2.45, 2.75) is 116 Å². The predicted molar refractivity (Wildman–Crippen MR) is 259 cm³/mol. The van der Waals surface area contributed by atoms with Gasteiger partial charge in [-0.3, -0.25) is 29.2 Å². The van der Waals surface area contributed by atoms with E-state index >= 15 is 0 Å². The monoisotopic (exact) mass is 910 g/mol. The van der Waals surface area contributed by atoms with Gasteiger partial charge in [0.2, 0.25) is 5.91 Å². The first-order valence-electron chi connectivity index (χ1n) is 23.9. The highest BCUT2D eigenvalue weighted by atomic mass is 16.5. The van der Waals surface area contributed by atoms with Crippen LogP contribution in [0.25, 0.3) is 33.3 Å². The van der Waals surface area contributed by atoms with Crippen molar-refractivity contribution in [3.05, 3.63) is 114 Å². The lowest BCUT2D eigenvalue weighted by Crippen LogP contribution is -2.62. The summed E-state index contributed by atoms with van der Waals surface area (Å²) in [6.45, 7) is 13.8. The summed E-state index contributed by atoms with van der Waals surface area (Å²) in [4.78, 5) is 64.0. The number of carbonyl (C=O) groups is 4. The Kier molecular flexibility index (Phi) is 14.3. The van der Waals surface area contributed by atoms with Crippen LogP contribution in [0.2, 0.25) is 0 Å². The number of methoxy groups -OCH3 is 1. The first-order valence-corrected chi connectivity index (χ1v) is 23.9. The van der Waals surface area contributed by atoms with Crippen LogP contribution in [0, 0.1) is 11.3 Å². The lowest BCUT2D eigenvalue weighted by Gasteiger charge is -2.37. The van der Waals surface area contributed by atoms with E-state index < -0.39 is 41.5 Å². The third-order valence-electron chi connectivity index (χ3n) is 13.9. The summed E-state index contributed by atoms with van der Waals surface area (Å²) in [6.07, 6.45) is 3.31. The minimum Gasteiger partial charge on any atom is -0.464 e. The number of likely N-dealkylation sites (N-methyl/N-ethyl adjacent to an activating group) is 1.